The Morgan fingerprint density at radius 2 is 2.28 bits per heavy atom. The Morgan fingerprint density at radius 1 is 1.56 bits per heavy atom. The van der Waals surface area contributed by atoms with Gasteiger partial charge in [0.05, 0.1) is 12.9 Å². The van der Waals surface area contributed by atoms with Crippen LogP contribution in [0, 0.1) is 0 Å². The lowest BCUT2D eigenvalue weighted by Crippen LogP contribution is -2.39. The van der Waals surface area contributed by atoms with Gasteiger partial charge in [0.25, 0.3) is 0 Å². The second-order valence-electron chi connectivity index (χ2n) is 3.68. The zero-order valence-corrected chi connectivity index (χ0v) is 10.0. The van der Waals surface area contributed by atoms with Crippen LogP contribution in [0.15, 0.2) is 12.5 Å². The largest absolute Gasteiger partial charge is 0.476 e. The number of nitrogens with one attached hydrogen (secondary N) is 1. The molecular weight excluding hydrogens is 240 g/mol. The van der Waals surface area contributed by atoms with Crippen molar-refractivity contribution in [3.05, 3.63) is 18.2 Å². The first-order valence-electron chi connectivity index (χ1n) is 5.39. The molecule has 0 atom stereocenters. The topological polar surface area (TPSA) is 108 Å². The molecule has 0 aliphatic carbocycles. The minimum atomic E-state index is -1.08. The van der Waals surface area contributed by atoms with Crippen molar-refractivity contribution in [1.29, 1.82) is 0 Å². The van der Waals surface area contributed by atoms with E-state index in [-0.39, 0.29) is 24.9 Å². The zero-order valence-electron chi connectivity index (χ0n) is 10.0. The summed E-state index contributed by atoms with van der Waals surface area (Å²) < 4.78 is 1.58. The quantitative estimate of drug-likeness (QED) is 0.618. The zero-order chi connectivity index (χ0) is 13.5. The van der Waals surface area contributed by atoms with Crippen LogP contribution in [0.2, 0.25) is 0 Å². The SMILES string of the molecule is CN(CCO)C(=O)NCCn1cnc(C(=O)O)c1. The number of nitrogens with zero attached hydrogens (tertiary/aromatic N) is 3. The highest BCUT2D eigenvalue weighted by atomic mass is 16.4. The molecule has 0 saturated heterocycles. The van der Waals surface area contributed by atoms with Crippen molar-refractivity contribution in [2.24, 2.45) is 0 Å². The molecule has 0 aliphatic rings. The molecule has 2 amide bonds. The smallest absolute Gasteiger partial charge is 0.356 e. The van der Waals surface area contributed by atoms with Crippen LogP contribution in [0.25, 0.3) is 0 Å². The van der Waals surface area contributed by atoms with Gasteiger partial charge in [-0.2, -0.15) is 0 Å². The summed E-state index contributed by atoms with van der Waals surface area (Å²) >= 11 is 0. The summed E-state index contributed by atoms with van der Waals surface area (Å²) in [5.41, 5.74) is -0.0290. The molecule has 0 aromatic carbocycles. The minimum absolute atomic E-state index is 0.0290. The van der Waals surface area contributed by atoms with Crippen LogP contribution in [0.1, 0.15) is 10.5 Å². The van der Waals surface area contributed by atoms with Gasteiger partial charge >= 0.3 is 12.0 Å². The number of amides is 2. The van der Waals surface area contributed by atoms with Crippen LogP contribution in [0.4, 0.5) is 4.79 Å². The Labute approximate surface area is 104 Å². The fraction of sp³-hybridized carbons (Fsp3) is 0.500. The second kappa shape index (κ2) is 6.60. The number of hydrogen-bond donors (Lipinski definition) is 3. The van der Waals surface area contributed by atoms with E-state index < -0.39 is 5.97 Å². The van der Waals surface area contributed by atoms with Crippen molar-refractivity contribution in [3.63, 3.8) is 0 Å². The average molecular weight is 256 g/mol. The molecule has 0 saturated carbocycles. The van der Waals surface area contributed by atoms with Crippen molar-refractivity contribution in [1.82, 2.24) is 19.8 Å². The first-order chi connectivity index (χ1) is 8.54. The number of carboxylic acid groups (broad SMARTS) is 1. The van der Waals surface area contributed by atoms with Crippen LogP contribution in [-0.2, 0) is 6.54 Å². The van der Waals surface area contributed by atoms with Gasteiger partial charge in [0.2, 0.25) is 0 Å². The molecule has 0 unspecified atom stereocenters. The van der Waals surface area contributed by atoms with Gasteiger partial charge in [0.1, 0.15) is 0 Å². The summed E-state index contributed by atoms with van der Waals surface area (Å²) in [5, 5.41) is 20.0. The molecule has 0 aliphatic heterocycles. The molecule has 1 aromatic rings. The Hall–Kier alpha value is -2.09. The summed E-state index contributed by atoms with van der Waals surface area (Å²) in [6.45, 7) is 0.955. The number of rotatable bonds is 6. The van der Waals surface area contributed by atoms with Crippen molar-refractivity contribution in [2.45, 2.75) is 6.54 Å². The van der Waals surface area contributed by atoms with Gasteiger partial charge in [0, 0.05) is 32.9 Å². The molecule has 8 nitrogen and oxygen atoms in total. The molecule has 0 spiro atoms. The first kappa shape index (κ1) is 14.0. The molecule has 100 valence electrons. The van der Waals surface area contributed by atoms with E-state index in [4.69, 9.17) is 10.2 Å². The summed E-state index contributed by atoms with van der Waals surface area (Å²) in [7, 11) is 1.57. The number of carboxylic acids is 1. The molecule has 18 heavy (non-hydrogen) atoms. The van der Waals surface area contributed by atoms with Gasteiger partial charge in [-0.3, -0.25) is 0 Å². The lowest BCUT2D eigenvalue weighted by molar-refractivity contribution is 0.0691. The van der Waals surface area contributed by atoms with Gasteiger partial charge < -0.3 is 25.0 Å². The number of carbonyl (C=O) groups excluding carboxylic acids is 1. The molecule has 1 rings (SSSR count). The van der Waals surface area contributed by atoms with E-state index >= 15 is 0 Å². The van der Waals surface area contributed by atoms with E-state index in [1.54, 1.807) is 11.6 Å². The third-order valence-corrected chi connectivity index (χ3v) is 2.28. The Kier molecular flexibility index (Phi) is 5.12. The van der Waals surface area contributed by atoms with E-state index in [1.807, 2.05) is 0 Å². The molecular formula is C10H16N4O4. The van der Waals surface area contributed by atoms with Crippen molar-refractivity contribution < 1.29 is 19.8 Å². The number of aliphatic hydroxyl groups is 1. The molecule has 0 radical (unpaired) electrons. The summed E-state index contributed by atoms with van der Waals surface area (Å²) in [5.74, 6) is -1.08. The fourth-order valence-electron chi connectivity index (χ4n) is 1.27. The Bertz CT molecular complexity index is 418. The normalized spacial score (nSPS) is 10.1. The van der Waals surface area contributed by atoms with Crippen LogP contribution in [0.3, 0.4) is 0 Å². The average Bonchev–Trinajstić information content (AvgIpc) is 2.78. The van der Waals surface area contributed by atoms with Crippen molar-refractivity contribution in [3.8, 4) is 0 Å². The van der Waals surface area contributed by atoms with E-state index in [1.165, 1.54) is 17.4 Å². The predicted octanol–water partition coefficient (Wildman–Crippen LogP) is -0.785. The summed E-state index contributed by atoms with van der Waals surface area (Å²) in [6, 6.07) is -0.289. The van der Waals surface area contributed by atoms with E-state index in [0.29, 0.717) is 13.1 Å². The number of carbonyl (C=O) groups is 2. The van der Waals surface area contributed by atoms with Gasteiger partial charge in [-0.25, -0.2) is 14.6 Å². The number of aromatic nitrogens is 2. The van der Waals surface area contributed by atoms with Crippen molar-refractivity contribution >= 4 is 12.0 Å². The minimum Gasteiger partial charge on any atom is -0.476 e. The number of aliphatic hydroxyl groups excluding tert-OH is 1. The van der Waals surface area contributed by atoms with Crippen molar-refractivity contribution in [2.75, 3.05) is 26.7 Å². The van der Waals surface area contributed by atoms with Crippen LogP contribution in [-0.4, -0.2) is 63.4 Å². The predicted molar refractivity (Wildman–Crippen MR) is 62.3 cm³/mol. The van der Waals surface area contributed by atoms with Gasteiger partial charge in [-0.05, 0) is 0 Å². The standard InChI is InChI=1S/C10H16N4O4/c1-13(4-5-15)10(18)11-2-3-14-6-8(9(16)17)12-7-14/h6-7,15H,2-5H2,1H3,(H,11,18)(H,16,17). The van der Waals surface area contributed by atoms with E-state index in [0.717, 1.165) is 0 Å². The maximum absolute atomic E-state index is 11.4. The van der Waals surface area contributed by atoms with Gasteiger partial charge in [0.15, 0.2) is 5.69 Å². The summed E-state index contributed by atoms with van der Waals surface area (Å²) in [6.07, 6.45) is 2.79. The fourth-order valence-corrected chi connectivity index (χ4v) is 1.27. The van der Waals surface area contributed by atoms with Gasteiger partial charge in [-0.15, -0.1) is 0 Å². The number of hydrogen-bond acceptors (Lipinski definition) is 4. The van der Waals surface area contributed by atoms with Gasteiger partial charge in [-0.1, -0.05) is 0 Å². The maximum Gasteiger partial charge on any atom is 0.356 e. The highest BCUT2D eigenvalue weighted by Crippen LogP contribution is 1.95. The molecule has 1 heterocycles. The highest BCUT2D eigenvalue weighted by Gasteiger charge is 2.08. The number of imidazole rings is 1. The second-order valence-corrected chi connectivity index (χ2v) is 3.68. The summed E-state index contributed by atoms with van der Waals surface area (Å²) in [4.78, 5) is 27.0. The molecule has 3 N–H and O–H groups in total. The third-order valence-electron chi connectivity index (χ3n) is 2.28. The number of likely N-dealkylation sites (N-methyl/N-ethyl adjacent to an activating group) is 1. The highest BCUT2D eigenvalue weighted by molar-refractivity contribution is 5.84. The van der Waals surface area contributed by atoms with E-state index in [9.17, 15) is 9.59 Å². The Balaban J connectivity index is 2.32. The maximum atomic E-state index is 11.4. The Morgan fingerprint density at radius 3 is 2.83 bits per heavy atom. The number of aromatic carboxylic acids is 1. The molecule has 0 bridgehead atoms. The van der Waals surface area contributed by atoms with Crippen LogP contribution in [0.5, 0.6) is 0 Å². The number of urea groups is 1. The van der Waals surface area contributed by atoms with Crippen LogP contribution < -0.4 is 5.32 Å². The molecule has 8 heteroatoms. The monoisotopic (exact) mass is 256 g/mol. The van der Waals surface area contributed by atoms with E-state index in [2.05, 4.69) is 10.3 Å². The lowest BCUT2D eigenvalue weighted by atomic mass is 10.5. The van der Waals surface area contributed by atoms with Crippen LogP contribution >= 0.6 is 0 Å². The third kappa shape index (κ3) is 4.06. The molecule has 0 fully saturated rings. The lowest BCUT2D eigenvalue weighted by Gasteiger charge is -2.16. The first-order valence-corrected chi connectivity index (χ1v) is 5.39. The molecule has 1 aromatic heterocycles.